The molecule has 1 fully saturated rings. The van der Waals surface area contributed by atoms with E-state index in [1.54, 1.807) is 7.11 Å². The van der Waals surface area contributed by atoms with Crippen LogP contribution in [0.4, 0.5) is 0 Å². The van der Waals surface area contributed by atoms with Crippen molar-refractivity contribution in [3.05, 3.63) is 29.3 Å². The summed E-state index contributed by atoms with van der Waals surface area (Å²) in [6.45, 7) is 2.07. The van der Waals surface area contributed by atoms with Crippen LogP contribution in [0.25, 0.3) is 0 Å². The number of methoxy groups -OCH3 is 1. The van der Waals surface area contributed by atoms with Crippen LogP contribution in [0.15, 0.2) is 18.2 Å². The molecule has 1 aliphatic rings. The van der Waals surface area contributed by atoms with E-state index in [9.17, 15) is 4.79 Å². The Labute approximate surface area is 101 Å². The molecule has 0 atom stereocenters. The van der Waals surface area contributed by atoms with Crippen LogP contribution in [0.3, 0.4) is 0 Å². The van der Waals surface area contributed by atoms with Crippen molar-refractivity contribution in [1.29, 1.82) is 0 Å². The van der Waals surface area contributed by atoms with Gasteiger partial charge in [-0.05, 0) is 36.5 Å². The molecule has 3 N–H and O–H groups in total. The van der Waals surface area contributed by atoms with E-state index in [1.807, 2.05) is 12.1 Å². The SMILES string of the molecule is CCc1cc(C2(C(=O)NN)CC2)ccc1OC. The summed E-state index contributed by atoms with van der Waals surface area (Å²) in [7, 11) is 1.66. The zero-order chi connectivity index (χ0) is 12.5. The van der Waals surface area contributed by atoms with Gasteiger partial charge in [0.2, 0.25) is 5.91 Å². The van der Waals surface area contributed by atoms with Crippen molar-refractivity contribution in [1.82, 2.24) is 5.43 Å². The number of hydrazine groups is 1. The van der Waals surface area contributed by atoms with Gasteiger partial charge in [0.15, 0.2) is 0 Å². The number of nitrogens with two attached hydrogens (primary N) is 1. The molecule has 1 aliphatic carbocycles. The number of benzene rings is 1. The highest BCUT2D eigenvalue weighted by molar-refractivity contribution is 5.90. The number of nitrogens with one attached hydrogen (secondary N) is 1. The van der Waals surface area contributed by atoms with Gasteiger partial charge in [0, 0.05) is 0 Å². The van der Waals surface area contributed by atoms with Gasteiger partial charge in [-0.15, -0.1) is 0 Å². The zero-order valence-corrected chi connectivity index (χ0v) is 10.2. The van der Waals surface area contributed by atoms with Crippen LogP contribution < -0.4 is 16.0 Å². The molecular formula is C13H18N2O2. The number of hydrogen-bond donors (Lipinski definition) is 2. The molecule has 92 valence electrons. The minimum atomic E-state index is -0.398. The summed E-state index contributed by atoms with van der Waals surface area (Å²) in [5.41, 5.74) is 4.03. The molecule has 0 bridgehead atoms. The van der Waals surface area contributed by atoms with Crippen LogP contribution in [0.5, 0.6) is 5.75 Å². The Morgan fingerprint density at radius 1 is 1.53 bits per heavy atom. The lowest BCUT2D eigenvalue weighted by Gasteiger charge is -2.16. The smallest absolute Gasteiger partial charge is 0.244 e. The van der Waals surface area contributed by atoms with E-state index in [1.165, 1.54) is 0 Å². The summed E-state index contributed by atoms with van der Waals surface area (Å²) in [5, 5.41) is 0. The highest BCUT2D eigenvalue weighted by Gasteiger charge is 2.51. The Morgan fingerprint density at radius 3 is 2.71 bits per heavy atom. The molecule has 4 heteroatoms. The Bertz CT molecular complexity index is 439. The van der Waals surface area contributed by atoms with Crippen molar-refractivity contribution in [3.63, 3.8) is 0 Å². The van der Waals surface area contributed by atoms with E-state index < -0.39 is 5.41 Å². The molecule has 0 heterocycles. The molecule has 1 saturated carbocycles. The fourth-order valence-corrected chi connectivity index (χ4v) is 2.26. The van der Waals surface area contributed by atoms with Gasteiger partial charge in [-0.25, -0.2) is 5.84 Å². The first-order valence-electron chi connectivity index (χ1n) is 5.86. The maximum absolute atomic E-state index is 11.8. The van der Waals surface area contributed by atoms with Crippen molar-refractivity contribution in [3.8, 4) is 5.75 Å². The first-order chi connectivity index (χ1) is 8.17. The largest absolute Gasteiger partial charge is 0.496 e. The molecule has 1 aromatic carbocycles. The first kappa shape index (κ1) is 11.9. The molecule has 2 rings (SSSR count). The third-order valence-corrected chi connectivity index (χ3v) is 3.53. The highest BCUT2D eigenvalue weighted by atomic mass is 16.5. The Balaban J connectivity index is 2.37. The van der Waals surface area contributed by atoms with Gasteiger partial charge in [-0.3, -0.25) is 10.2 Å². The fourth-order valence-electron chi connectivity index (χ4n) is 2.26. The number of carbonyl (C=O) groups excluding carboxylic acids is 1. The number of hydrogen-bond acceptors (Lipinski definition) is 3. The summed E-state index contributed by atoms with van der Waals surface area (Å²) in [6, 6.07) is 5.94. The number of amides is 1. The summed E-state index contributed by atoms with van der Waals surface area (Å²) in [5.74, 6) is 6.02. The molecule has 4 nitrogen and oxygen atoms in total. The van der Waals surface area contributed by atoms with E-state index >= 15 is 0 Å². The van der Waals surface area contributed by atoms with Crippen LogP contribution in [0.2, 0.25) is 0 Å². The summed E-state index contributed by atoms with van der Waals surface area (Å²) < 4.78 is 5.29. The molecule has 1 aromatic rings. The van der Waals surface area contributed by atoms with Crippen LogP contribution in [0.1, 0.15) is 30.9 Å². The minimum absolute atomic E-state index is 0.0929. The first-order valence-corrected chi connectivity index (χ1v) is 5.86. The minimum Gasteiger partial charge on any atom is -0.496 e. The molecule has 0 radical (unpaired) electrons. The maximum atomic E-state index is 11.8. The fraction of sp³-hybridized carbons (Fsp3) is 0.462. The van der Waals surface area contributed by atoms with Gasteiger partial charge in [-0.2, -0.15) is 0 Å². The second kappa shape index (κ2) is 4.37. The van der Waals surface area contributed by atoms with Gasteiger partial charge in [0.25, 0.3) is 0 Å². The van der Waals surface area contributed by atoms with Crippen molar-refractivity contribution >= 4 is 5.91 Å². The van der Waals surface area contributed by atoms with Crippen LogP contribution in [-0.4, -0.2) is 13.0 Å². The van der Waals surface area contributed by atoms with Crippen LogP contribution >= 0.6 is 0 Å². The summed E-state index contributed by atoms with van der Waals surface area (Å²) in [6.07, 6.45) is 2.62. The van der Waals surface area contributed by atoms with Crippen molar-refractivity contribution in [2.45, 2.75) is 31.6 Å². The van der Waals surface area contributed by atoms with E-state index in [2.05, 4.69) is 18.4 Å². The lowest BCUT2D eigenvalue weighted by Crippen LogP contribution is -2.39. The quantitative estimate of drug-likeness (QED) is 0.468. The average molecular weight is 234 g/mol. The van der Waals surface area contributed by atoms with Crippen molar-refractivity contribution in [2.24, 2.45) is 5.84 Å². The molecular weight excluding hydrogens is 216 g/mol. The van der Waals surface area contributed by atoms with E-state index in [4.69, 9.17) is 10.6 Å². The second-order valence-corrected chi connectivity index (χ2v) is 4.44. The van der Waals surface area contributed by atoms with E-state index in [-0.39, 0.29) is 5.91 Å². The lowest BCUT2D eigenvalue weighted by molar-refractivity contribution is -0.123. The van der Waals surface area contributed by atoms with Gasteiger partial charge in [-0.1, -0.05) is 19.1 Å². The molecule has 0 aromatic heterocycles. The molecule has 0 unspecified atom stereocenters. The summed E-state index contributed by atoms with van der Waals surface area (Å²) >= 11 is 0. The Hall–Kier alpha value is -1.55. The number of carbonyl (C=O) groups is 1. The van der Waals surface area contributed by atoms with Gasteiger partial charge < -0.3 is 4.74 Å². The average Bonchev–Trinajstić information content (AvgIpc) is 3.18. The van der Waals surface area contributed by atoms with E-state index in [0.717, 1.165) is 36.1 Å². The maximum Gasteiger partial charge on any atom is 0.244 e. The topological polar surface area (TPSA) is 64.4 Å². The predicted molar refractivity (Wildman–Crippen MR) is 65.6 cm³/mol. The number of ether oxygens (including phenoxy) is 1. The van der Waals surface area contributed by atoms with Crippen LogP contribution in [0, 0.1) is 0 Å². The van der Waals surface area contributed by atoms with Crippen molar-refractivity contribution < 1.29 is 9.53 Å². The molecule has 0 aliphatic heterocycles. The number of rotatable bonds is 4. The van der Waals surface area contributed by atoms with Gasteiger partial charge >= 0.3 is 0 Å². The Morgan fingerprint density at radius 2 is 2.24 bits per heavy atom. The standard InChI is InChI=1S/C13H18N2O2/c1-3-9-8-10(4-5-11(9)17-2)13(6-7-13)12(16)15-14/h4-5,8H,3,6-7,14H2,1-2H3,(H,15,16). The molecule has 0 saturated heterocycles. The monoisotopic (exact) mass is 234 g/mol. The van der Waals surface area contributed by atoms with Crippen LogP contribution in [-0.2, 0) is 16.6 Å². The summed E-state index contributed by atoms with van der Waals surface area (Å²) in [4.78, 5) is 11.8. The Kier molecular flexibility index (Phi) is 3.07. The third kappa shape index (κ3) is 1.89. The third-order valence-electron chi connectivity index (χ3n) is 3.53. The lowest BCUT2D eigenvalue weighted by atomic mass is 9.92. The molecule has 17 heavy (non-hydrogen) atoms. The number of aryl methyl sites for hydroxylation is 1. The zero-order valence-electron chi connectivity index (χ0n) is 10.2. The second-order valence-electron chi connectivity index (χ2n) is 4.44. The molecule has 0 spiro atoms. The normalized spacial score (nSPS) is 16.4. The molecule has 1 amide bonds. The highest BCUT2D eigenvalue weighted by Crippen LogP contribution is 2.49. The van der Waals surface area contributed by atoms with Gasteiger partial charge in [0.05, 0.1) is 12.5 Å². The van der Waals surface area contributed by atoms with E-state index in [0.29, 0.717) is 0 Å². The van der Waals surface area contributed by atoms with Crippen molar-refractivity contribution in [2.75, 3.05) is 7.11 Å². The predicted octanol–water partition coefficient (Wildman–Crippen LogP) is 1.28. The van der Waals surface area contributed by atoms with Gasteiger partial charge in [0.1, 0.15) is 5.75 Å².